The predicted octanol–water partition coefficient (Wildman–Crippen LogP) is 4.98. The van der Waals surface area contributed by atoms with E-state index < -0.39 is 5.97 Å². The molecule has 0 unspecified atom stereocenters. The van der Waals surface area contributed by atoms with Gasteiger partial charge < -0.3 is 14.6 Å². The van der Waals surface area contributed by atoms with Crippen molar-refractivity contribution in [3.63, 3.8) is 0 Å². The zero-order valence-corrected chi connectivity index (χ0v) is 17.8. The van der Waals surface area contributed by atoms with Gasteiger partial charge in [0.15, 0.2) is 0 Å². The van der Waals surface area contributed by atoms with E-state index in [0.717, 1.165) is 15.3 Å². The Morgan fingerprint density at radius 1 is 1.21 bits per heavy atom. The molecule has 148 valence electrons. The third kappa shape index (κ3) is 3.43. The fourth-order valence-electron chi connectivity index (χ4n) is 3.15. The van der Waals surface area contributed by atoms with Crippen LogP contribution in [0.4, 0.5) is 5.69 Å². The molecule has 0 aromatic carbocycles. The van der Waals surface area contributed by atoms with Gasteiger partial charge in [0.2, 0.25) is 0 Å². The highest BCUT2D eigenvalue weighted by Gasteiger charge is 2.22. The molecule has 0 saturated carbocycles. The average molecular weight is 428 g/mol. The van der Waals surface area contributed by atoms with Crippen LogP contribution in [0.2, 0.25) is 0 Å². The van der Waals surface area contributed by atoms with Crippen LogP contribution in [0, 0.1) is 20.8 Å². The predicted molar refractivity (Wildman–Crippen MR) is 113 cm³/mol. The standard InChI is InChI=1S/C20H17N3O4S2/c1-9-7-12(11(3)29-9)15-8-13(16-10(2)23-27-19(16)22-15)18(24)21-14-5-6-28-17(14)20(25)26-4/h5-8H,1-4H3,(H,21,24). The first-order valence-electron chi connectivity index (χ1n) is 8.70. The number of hydrogen-bond acceptors (Lipinski definition) is 8. The van der Waals surface area contributed by atoms with Crippen LogP contribution in [0.1, 0.15) is 35.5 Å². The maximum absolute atomic E-state index is 13.2. The number of ether oxygens (including phenoxy) is 1. The minimum atomic E-state index is -0.499. The zero-order valence-electron chi connectivity index (χ0n) is 16.2. The average Bonchev–Trinajstić information content (AvgIpc) is 3.39. The summed E-state index contributed by atoms with van der Waals surface area (Å²) in [5.74, 6) is -0.875. The molecule has 4 aromatic rings. The third-order valence-corrected chi connectivity index (χ3v) is 6.32. The number of aryl methyl sites for hydroxylation is 3. The second-order valence-electron chi connectivity index (χ2n) is 6.44. The van der Waals surface area contributed by atoms with Crippen LogP contribution in [0.5, 0.6) is 0 Å². The normalized spacial score (nSPS) is 11.0. The molecule has 0 bridgehead atoms. The summed E-state index contributed by atoms with van der Waals surface area (Å²) < 4.78 is 10.1. The van der Waals surface area contributed by atoms with Crippen molar-refractivity contribution in [1.29, 1.82) is 0 Å². The summed E-state index contributed by atoms with van der Waals surface area (Å²) in [6.07, 6.45) is 0. The number of rotatable bonds is 4. The molecule has 4 heterocycles. The van der Waals surface area contributed by atoms with Crippen molar-refractivity contribution in [2.45, 2.75) is 20.8 Å². The fraction of sp³-hybridized carbons (Fsp3) is 0.200. The van der Waals surface area contributed by atoms with Crippen LogP contribution in [-0.2, 0) is 4.74 Å². The Balaban J connectivity index is 1.81. The number of esters is 1. The zero-order chi connectivity index (χ0) is 20.7. The Morgan fingerprint density at radius 3 is 2.69 bits per heavy atom. The number of hydrogen-bond donors (Lipinski definition) is 1. The molecule has 0 fully saturated rings. The summed E-state index contributed by atoms with van der Waals surface area (Å²) in [7, 11) is 1.30. The number of pyridine rings is 1. The summed E-state index contributed by atoms with van der Waals surface area (Å²) in [4.78, 5) is 32.2. The first-order valence-corrected chi connectivity index (χ1v) is 10.4. The Labute approximate surface area is 174 Å². The summed E-state index contributed by atoms with van der Waals surface area (Å²) in [5, 5.41) is 9.04. The molecule has 4 rings (SSSR count). The summed E-state index contributed by atoms with van der Waals surface area (Å²) >= 11 is 2.87. The minimum Gasteiger partial charge on any atom is -0.465 e. The van der Waals surface area contributed by atoms with Crippen LogP contribution < -0.4 is 5.32 Å². The molecule has 9 heteroatoms. The lowest BCUT2D eigenvalue weighted by Crippen LogP contribution is -2.15. The van der Waals surface area contributed by atoms with Crippen molar-refractivity contribution in [2.24, 2.45) is 0 Å². The van der Waals surface area contributed by atoms with Gasteiger partial charge in [0.05, 0.1) is 35.1 Å². The van der Waals surface area contributed by atoms with Crippen molar-refractivity contribution < 1.29 is 18.8 Å². The number of nitrogens with one attached hydrogen (secondary N) is 1. The molecule has 0 aliphatic carbocycles. The van der Waals surface area contributed by atoms with Crippen LogP contribution in [0.15, 0.2) is 28.1 Å². The molecule has 0 aliphatic rings. The topological polar surface area (TPSA) is 94.3 Å². The molecular formula is C20H17N3O4S2. The minimum absolute atomic E-state index is 0.298. The SMILES string of the molecule is COC(=O)c1sccc1NC(=O)c1cc(-c2cc(C)sc2C)nc2onc(C)c12. The molecule has 4 aromatic heterocycles. The highest BCUT2D eigenvalue weighted by Crippen LogP contribution is 2.33. The number of carbonyl (C=O) groups is 2. The Morgan fingerprint density at radius 2 is 2.00 bits per heavy atom. The number of nitrogens with zero attached hydrogens (tertiary/aromatic N) is 2. The van der Waals surface area contributed by atoms with Crippen molar-refractivity contribution in [3.8, 4) is 11.3 Å². The van der Waals surface area contributed by atoms with E-state index in [1.165, 1.54) is 18.4 Å². The van der Waals surface area contributed by atoms with E-state index >= 15 is 0 Å². The van der Waals surface area contributed by atoms with E-state index in [1.54, 1.807) is 35.8 Å². The lowest BCUT2D eigenvalue weighted by Gasteiger charge is -2.08. The summed E-state index contributed by atoms with van der Waals surface area (Å²) in [6.45, 7) is 5.80. The van der Waals surface area contributed by atoms with Gasteiger partial charge in [-0.3, -0.25) is 4.79 Å². The second-order valence-corrected chi connectivity index (χ2v) is 8.82. The van der Waals surface area contributed by atoms with Crippen LogP contribution >= 0.6 is 22.7 Å². The van der Waals surface area contributed by atoms with Gasteiger partial charge in [-0.25, -0.2) is 9.78 Å². The molecule has 1 N–H and O–H groups in total. The van der Waals surface area contributed by atoms with Gasteiger partial charge in [0.1, 0.15) is 4.88 Å². The van der Waals surface area contributed by atoms with Gasteiger partial charge in [0.25, 0.3) is 11.6 Å². The number of methoxy groups -OCH3 is 1. The second kappa shape index (κ2) is 7.41. The van der Waals surface area contributed by atoms with Crippen molar-refractivity contribution >= 4 is 51.3 Å². The van der Waals surface area contributed by atoms with Gasteiger partial charge in [-0.05, 0) is 44.4 Å². The molecule has 0 radical (unpaired) electrons. The third-order valence-electron chi connectivity index (χ3n) is 4.46. The van der Waals surface area contributed by atoms with Crippen molar-refractivity contribution in [2.75, 3.05) is 12.4 Å². The van der Waals surface area contributed by atoms with Gasteiger partial charge >= 0.3 is 5.97 Å². The molecule has 0 atom stereocenters. The van der Waals surface area contributed by atoms with Gasteiger partial charge in [0, 0.05) is 15.3 Å². The van der Waals surface area contributed by atoms with Crippen LogP contribution in [-0.4, -0.2) is 29.1 Å². The summed E-state index contributed by atoms with van der Waals surface area (Å²) in [6, 6.07) is 5.44. The Bertz CT molecular complexity index is 1250. The number of aromatic nitrogens is 2. The summed E-state index contributed by atoms with van der Waals surface area (Å²) in [5.41, 5.74) is 3.24. The lowest BCUT2D eigenvalue weighted by molar-refractivity contribution is 0.0607. The van der Waals surface area contributed by atoms with Crippen LogP contribution in [0.25, 0.3) is 22.4 Å². The fourth-order valence-corrected chi connectivity index (χ4v) is 4.84. The first-order chi connectivity index (χ1) is 13.9. The van der Waals surface area contributed by atoms with E-state index in [4.69, 9.17) is 9.26 Å². The quantitative estimate of drug-likeness (QED) is 0.462. The highest BCUT2D eigenvalue weighted by atomic mass is 32.1. The maximum Gasteiger partial charge on any atom is 0.350 e. The molecule has 0 aliphatic heterocycles. The van der Waals surface area contributed by atoms with E-state index in [1.807, 2.05) is 19.9 Å². The van der Waals surface area contributed by atoms with E-state index in [0.29, 0.717) is 38.6 Å². The number of anilines is 1. The Kier molecular flexibility index (Phi) is 4.93. The highest BCUT2D eigenvalue weighted by molar-refractivity contribution is 7.12. The van der Waals surface area contributed by atoms with Crippen molar-refractivity contribution in [1.82, 2.24) is 10.1 Å². The molecule has 7 nitrogen and oxygen atoms in total. The van der Waals surface area contributed by atoms with Gasteiger partial charge in [-0.1, -0.05) is 5.16 Å². The van der Waals surface area contributed by atoms with Gasteiger partial charge in [-0.2, -0.15) is 0 Å². The largest absolute Gasteiger partial charge is 0.465 e. The van der Waals surface area contributed by atoms with E-state index in [-0.39, 0.29) is 5.91 Å². The maximum atomic E-state index is 13.2. The van der Waals surface area contributed by atoms with E-state index in [2.05, 4.69) is 15.5 Å². The van der Waals surface area contributed by atoms with Crippen LogP contribution in [0.3, 0.4) is 0 Å². The molecule has 0 saturated heterocycles. The number of thiophene rings is 2. The molecule has 0 spiro atoms. The first kappa shape index (κ1) is 19.3. The lowest BCUT2D eigenvalue weighted by atomic mass is 10.1. The Hall–Kier alpha value is -3.04. The molecule has 1 amide bonds. The molecule has 29 heavy (non-hydrogen) atoms. The number of fused-ring (bicyclic) bond motifs is 1. The molecular weight excluding hydrogens is 410 g/mol. The van der Waals surface area contributed by atoms with Gasteiger partial charge in [-0.15, -0.1) is 22.7 Å². The smallest absolute Gasteiger partial charge is 0.350 e. The van der Waals surface area contributed by atoms with Crippen molar-refractivity contribution in [3.05, 3.63) is 49.5 Å². The van der Waals surface area contributed by atoms with E-state index in [9.17, 15) is 9.59 Å². The monoisotopic (exact) mass is 427 g/mol. The number of amides is 1. The number of carbonyl (C=O) groups excluding carboxylic acids is 2.